The maximum Gasteiger partial charge on any atom is 0.347 e. The summed E-state index contributed by atoms with van der Waals surface area (Å²) in [5.74, 6) is 0.218. The van der Waals surface area contributed by atoms with E-state index in [9.17, 15) is 9.90 Å². The van der Waals surface area contributed by atoms with Crippen LogP contribution in [0, 0.1) is 0 Å². The fourth-order valence-corrected chi connectivity index (χ4v) is 2.88. The number of rotatable bonds is 9. The minimum atomic E-state index is -1.23. The maximum absolute atomic E-state index is 11.3. The van der Waals surface area contributed by atoms with Crippen molar-refractivity contribution in [1.29, 1.82) is 0 Å². The van der Waals surface area contributed by atoms with Gasteiger partial charge < -0.3 is 14.6 Å². The van der Waals surface area contributed by atoms with Crippen LogP contribution in [0.2, 0.25) is 0 Å². The Kier molecular flexibility index (Phi) is 6.91. The van der Waals surface area contributed by atoms with Crippen LogP contribution in [0.3, 0.4) is 0 Å². The van der Waals surface area contributed by atoms with Gasteiger partial charge in [0.15, 0.2) is 0 Å². The molecule has 4 nitrogen and oxygen atoms in total. The third-order valence-electron chi connectivity index (χ3n) is 4.97. The number of carbonyl (C=O) groups is 1. The van der Waals surface area contributed by atoms with E-state index in [1.807, 2.05) is 30.4 Å². The van der Waals surface area contributed by atoms with Gasteiger partial charge in [0.25, 0.3) is 0 Å². The number of carboxylic acid groups (broad SMARTS) is 1. The van der Waals surface area contributed by atoms with E-state index >= 15 is 0 Å². The first kappa shape index (κ1) is 21.2. The van der Waals surface area contributed by atoms with Crippen LogP contribution in [0.5, 0.6) is 11.5 Å². The minimum Gasteiger partial charge on any atom is -0.490 e. The molecule has 0 fully saturated rings. The van der Waals surface area contributed by atoms with Crippen molar-refractivity contribution in [1.82, 2.24) is 0 Å². The van der Waals surface area contributed by atoms with Crippen molar-refractivity contribution in [2.75, 3.05) is 6.61 Å². The molecule has 4 heteroatoms. The van der Waals surface area contributed by atoms with E-state index in [0.29, 0.717) is 24.5 Å². The Bertz CT molecular complexity index is 976. The first-order valence-corrected chi connectivity index (χ1v) is 9.97. The van der Waals surface area contributed by atoms with Gasteiger partial charge in [-0.1, -0.05) is 67.6 Å². The summed E-state index contributed by atoms with van der Waals surface area (Å²) in [6.07, 6.45) is 4.35. The zero-order valence-electron chi connectivity index (χ0n) is 17.2. The average Bonchev–Trinajstić information content (AvgIpc) is 2.78. The molecule has 0 aliphatic carbocycles. The SMILES string of the molecule is CC[C@@](C)(Oc1ccc(OC/C=C/c2ccc(-c3ccccc3)cc2)cc1)C(=O)O. The van der Waals surface area contributed by atoms with Gasteiger partial charge in [0, 0.05) is 0 Å². The molecule has 3 rings (SSSR count). The normalized spacial score (nSPS) is 13.0. The highest BCUT2D eigenvalue weighted by molar-refractivity contribution is 5.77. The van der Waals surface area contributed by atoms with Crippen molar-refractivity contribution in [3.63, 3.8) is 0 Å². The Morgan fingerprint density at radius 1 is 0.900 bits per heavy atom. The van der Waals surface area contributed by atoms with Gasteiger partial charge in [0.2, 0.25) is 5.60 Å². The van der Waals surface area contributed by atoms with Gasteiger partial charge in [-0.15, -0.1) is 0 Å². The molecule has 3 aromatic carbocycles. The van der Waals surface area contributed by atoms with E-state index in [1.54, 1.807) is 38.1 Å². The fraction of sp³-hybridized carbons (Fsp3) is 0.192. The maximum atomic E-state index is 11.3. The summed E-state index contributed by atoms with van der Waals surface area (Å²) in [6.45, 7) is 3.78. The molecule has 3 aromatic rings. The highest BCUT2D eigenvalue weighted by Crippen LogP contribution is 2.24. The Labute approximate surface area is 177 Å². The summed E-state index contributed by atoms with van der Waals surface area (Å²) >= 11 is 0. The summed E-state index contributed by atoms with van der Waals surface area (Å²) in [4.78, 5) is 11.3. The fourth-order valence-electron chi connectivity index (χ4n) is 2.88. The van der Waals surface area contributed by atoms with E-state index in [0.717, 1.165) is 5.56 Å². The number of ether oxygens (including phenoxy) is 2. The van der Waals surface area contributed by atoms with Gasteiger partial charge in [-0.3, -0.25) is 0 Å². The number of carboxylic acids is 1. The summed E-state index contributed by atoms with van der Waals surface area (Å²) in [7, 11) is 0. The lowest BCUT2D eigenvalue weighted by Gasteiger charge is -2.24. The van der Waals surface area contributed by atoms with Crippen LogP contribution in [0.4, 0.5) is 0 Å². The van der Waals surface area contributed by atoms with E-state index in [-0.39, 0.29) is 0 Å². The van der Waals surface area contributed by atoms with E-state index in [1.165, 1.54) is 11.1 Å². The Morgan fingerprint density at radius 2 is 1.50 bits per heavy atom. The number of aliphatic carboxylic acids is 1. The molecule has 0 spiro atoms. The van der Waals surface area contributed by atoms with Crippen molar-refractivity contribution in [3.05, 3.63) is 90.5 Å². The molecule has 0 saturated carbocycles. The summed E-state index contributed by atoms with van der Waals surface area (Å²) in [5, 5.41) is 9.30. The van der Waals surface area contributed by atoms with E-state index in [2.05, 4.69) is 36.4 Å². The third-order valence-corrected chi connectivity index (χ3v) is 4.97. The molecule has 0 saturated heterocycles. The van der Waals surface area contributed by atoms with Gasteiger partial charge in [-0.05, 0) is 60.4 Å². The van der Waals surface area contributed by atoms with Gasteiger partial charge >= 0.3 is 5.97 Å². The summed E-state index contributed by atoms with van der Waals surface area (Å²) < 4.78 is 11.3. The summed E-state index contributed by atoms with van der Waals surface area (Å²) in [5.41, 5.74) is 2.26. The zero-order chi connectivity index (χ0) is 21.4. The average molecular weight is 402 g/mol. The molecule has 0 aromatic heterocycles. The predicted molar refractivity (Wildman–Crippen MR) is 120 cm³/mol. The second-order valence-corrected chi connectivity index (χ2v) is 7.16. The van der Waals surface area contributed by atoms with Gasteiger partial charge in [-0.25, -0.2) is 4.79 Å². The molecule has 1 atom stereocenters. The van der Waals surface area contributed by atoms with Crippen LogP contribution in [0.15, 0.2) is 84.9 Å². The lowest BCUT2D eigenvalue weighted by molar-refractivity contribution is -0.154. The van der Waals surface area contributed by atoms with Crippen molar-refractivity contribution in [2.45, 2.75) is 25.9 Å². The molecule has 1 N–H and O–H groups in total. The highest BCUT2D eigenvalue weighted by Gasteiger charge is 2.33. The molecule has 0 bridgehead atoms. The number of benzene rings is 3. The number of hydrogen-bond acceptors (Lipinski definition) is 3. The predicted octanol–water partition coefficient (Wildman–Crippen LogP) is 6.08. The van der Waals surface area contributed by atoms with E-state index in [4.69, 9.17) is 9.47 Å². The van der Waals surface area contributed by atoms with Crippen molar-refractivity contribution < 1.29 is 19.4 Å². The Morgan fingerprint density at radius 3 is 2.10 bits per heavy atom. The quantitative estimate of drug-likeness (QED) is 0.471. The first-order valence-electron chi connectivity index (χ1n) is 9.97. The van der Waals surface area contributed by atoms with Crippen LogP contribution in [-0.2, 0) is 4.79 Å². The van der Waals surface area contributed by atoms with Gasteiger partial charge in [0.05, 0.1) is 0 Å². The van der Waals surface area contributed by atoms with Crippen LogP contribution in [-0.4, -0.2) is 23.3 Å². The third kappa shape index (κ3) is 5.51. The van der Waals surface area contributed by atoms with Crippen LogP contribution in [0.1, 0.15) is 25.8 Å². The minimum absolute atomic E-state index is 0.373. The lowest BCUT2D eigenvalue weighted by Crippen LogP contribution is -2.40. The zero-order valence-corrected chi connectivity index (χ0v) is 17.2. The first-order chi connectivity index (χ1) is 14.5. The lowest BCUT2D eigenvalue weighted by atomic mass is 10.0. The topological polar surface area (TPSA) is 55.8 Å². The van der Waals surface area contributed by atoms with E-state index < -0.39 is 11.6 Å². The second kappa shape index (κ2) is 9.79. The molecule has 0 radical (unpaired) electrons. The van der Waals surface area contributed by atoms with Crippen LogP contribution < -0.4 is 9.47 Å². The number of hydrogen-bond donors (Lipinski definition) is 1. The molecule has 0 aliphatic heterocycles. The van der Waals surface area contributed by atoms with Crippen LogP contribution >= 0.6 is 0 Å². The summed E-state index contributed by atoms with van der Waals surface area (Å²) in [6, 6.07) is 25.6. The standard InChI is InChI=1S/C26H26O4/c1-3-26(2,25(27)28)30-24-17-15-23(16-18-24)29-19-7-8-20-11-13-22(14-12-20)21-9-5-4-6-10-21/h4-18H,3,19H2,1-2H3,(H,27,28)/b8-7+/t26-/m1/s1. The molecule has 0 aliphatic rings. The van der Waals surface area contributed by atoms with Crippen molar-refractivity contribution >= 4 is 12.0 Å². The molecule has 154 valence electrons. The Balaban J connectivity index is 1.51. The van der Waals surface area contributed by atoms with Crippen LogP contribution in [0.25, 0.3) is 17.2 Å². The van der Waals surface area contributed by atoms with Crippen molar-refractivity contribution in [2.24, 2.45) is 0 Å². The Hall–Kier alpha value is -3.53. The largest absolute Gasteiger partial charge is 0.490 e. The van der Waals surface area contributed by atoms with Gasteiger partial charge in [0.1, 0.15) is 18.1 Å². The molecular weight excluding hydrogens is 376 g/mol. The monoisotopic (exact) mass is 402 g/mol. The molecule has 0 amide bonds. The molecule has 30 heavy (non-hydrogen) atoms. The van der Waals surface area contributed by atoms with Crippen molar-refractivity contribution in [3.8, 4) is 22.6 Å². The smallest absolute Gasteiger partial charge is 0.347 e. The second-order valence-electron chi connectivity index (χ2n) is 7.16. The molecular formula is C26H26O4. The molecule has 0 unspecified atom stereocenters. The highest BCUT2D eigenvalue weighted by atomic mass is 16.5. The van der Waals surface area contributed by atoms with Gasteiger partial charge in [-0.2, -0.15) is 0 Å². The molecule has 0 heterocycles.